The van der Waals surface area contributed by atoms with Crippen molar-refractivity contribution in [1.82, 2.24) is 5.32 Å². The van der Waals surface area contributed by atoms with Gasteiger partial charge in [0, 0.05) is 6.42 Å². The zero-order valence-corrected chi connectivity index (χ0v) is 8.71. The molecule has 0 aromatic rings. The van der Waals surface area contributed by atoms with Crippen molar-refractivity contribution in [2.24, 2.45) is 5.73 Å². The van der Waals surface area contributed by atoms with Gasteiger partial charge in [0.05, 0.1) is 13.2 Å². The highest BCUT2D eigenvalue weighted by atomic mass is 16.5. The van der Waals surface area contributed by atoms with Crippen molar-refractivity contribution in [3.63, 3.8) is 0 Å². The van der Waals surface area contributed by atoms with Crippen molar-refractivity contribution in [2.45, 2.75) is 32.2 Å². The zero-order valence-electron chi connectivity index (χ0n) is 8.71. The summed E-state index contributed by atoms with van der Waals surface area (Å²) in [5.74, 6) is -0.593. The first-order valence-electron chi connectivity index (χ1n) is 4.71. The molecule has 5 nitrogen and oxygen atoms in total. The highest BCUT2D eigenvalue weighted by Crippen LogP contribution is 1.93. The molecule has 0 aromatic carbocycles. The summed E-state index contributed by atoms with van der Waals surface area (Å²) < 4.78 is 4.47. The van der Waals surface area contributed by atoms with E-state index < -0.39 is 0 Å². The van der Waals surface area contributed by atoms with E-state index in [4.69, 9.17) is 5.73 Å². The van der Waals surface area contributed by atoms with E-state index in [1.807, 2.05) is 6.92 Å². The van der Waals surface area contributed by atoms with E-state index in [9.17, 15) is 9.59 Å². The maximum Gasteiger partial charge on any atom is 0.305 e. The third-order valence-electron chi connectivity index (χ3n) is 1.93. The number of methoxy groups -OCH3 is 1. The van der Waals surface area contributed by atoms with Crippen molar-refractivity contribution in [1.29, 1.82) is 0 Å². The van der Waals surface area contributed by atoms with Gasteiger partial charge in [-0.2, -0.15) is 0 Å². The van der Waals surface area contributed by atoms with E-state index in [0.717, 1.165) is 0 Å². The average molecular weight is 202 g/mol. The molecule has 0 saturated carbocycles. The van der Waals surface area contributed by atoms with Crippen LogP contribution in [-0.2, 0) is 14.3 Å². The van der Waals surface area contributed by atoms with Crippen LogP contribution in [0, 0.1) is 0 Å². The molecule has 0 aliphatic rings. The van der Waals surface area contributed by atoms with Gasteiger partial charge in [-0.05, 0) is 19.4 Å². The van der Waals surface area contributed by atoms with Crippen LogP contribution >= 0.6 is 0 Å². The van der Waals surface area contributed by atoms with E-state index in [2.05, 4.69) is 10.1 Å². The van der Waals surface area contributed by atoms with Gasteiger partial charge in [0.2, 0.25) is 5.91 Å². The lowest BCUT2D eigenvalue weighted by molar-refractivity contribution is -0.140. The molecule has 1 amide bonds. The first-order valence-corrected chi connectivity index (χ1v) is 4.71. The monoisotopic (exact) mass is 202 g/mol. The number of nitrogens with two attached hydrogens (primary N) is 1. The van der Waals surface area contributed by atoms with E-state index >= 15 is 0 Å². The van der Waals surface area contributed by atoms with Crippen molar-refractivity contribution in [3.05, 3.63) is 0 Å². The molecule has 0 fully saturated rings. The summed E-state index contributed by atoms with van der Waals surface area (Å²) in [7, 11) is 1.36. The maximum absolute atomic E-state index is 10.8. The SMILES string of the molecule is CCC(NCCCC(=O)OC)C(N)=O. The van der Waals surface area contributed by atoms with Gasteiger partial charge in [-0.3, -0.25) is 9.59 Å². The Labute approximate surface area is 84.0 Å². The van der Waals surface area contributed by atoms with Crippen LogP contribution in [0.5, 0.6) is 0 Å². The lowest BCUT2D eigenvalue weighted by Crippen LogP contribution is -2.41. The molecule has 0 bridgehead atoms. The molecule has 3 N–H and O–H groups in total. The van der Waals surface area contributed by atoms with E-state index in [-0.39, 0.29) is 17.9 Å². The highest BCUT2D eigenvalue weighted by Gasteiger charge is 2.11. The summed E-state index contributed by atoms with van der Waals surface area (Å²) in [6.07, 6.45) is 1.67. The predicted molar refractivity (Wildman–Crippen MR) is 52.5 cm³/mol. The van der Waals surface area contributed by atoms with Gasteiger partial charge in [-0.1, -0.05) is 6.92 Å². The minimum absolute atomic E-state index is 0.237. The van der Waals surface area contributed by atoms with E-state index in [1.165, 1.54) is 7.11 Å². The highest BCUT2D eigenvalue weighted by molar-refractivity contribution is 5.79. The Morgan fingerprint density at radius 2 is 2.14 bits per heavy atom. The van der Waals surface area contributed by atoms with Gasteiger partial charge in [0.15, 0.2) is 0 Å². The van der Waals surface area contributed by atoms with Crippen LogP contribution in [0.25, 0.3) is 0 Å². The molecule has 0 radical (unpaired) electrons. The summed E-state index contributed by atoms with van der Waals surface area (Å²) in [4.78, 5) is 21.5. The van der Waals surface area contributed by atoms with Crippen molar-refractivity contribution in [2.75, 3.05) is 13.7 Å². The molecule has 14 heavy (non-hydrogen) atoms. The second kappa shape index (κ2) is 7.32. The predicted octanol–water partition coefficient (Wildman–Crippen LogP) is -0.207. The molecule has 1 unspecified atom stereocenters. The van der Waals surface area contributed by atoms with Crippen LogP contribution in [-0.4, -0.2) is 31.6 Å². The molecule has 5 heteroatoms. The number of hydrogen-bond acceptors (Lipinski definition) is 4. The van der Waals surface area contributed by atoms with Crippen molar-refractivity contribution >= 4 is 11.9 Å². The van der Waals surface area contributed by atoms with E-state index in [0.29, 0.717) is 25.8 Å². The number of carbonyl (C=O) groups excluding carboxylic acids is 2. The molecule has 0 spiro atoms. The molecule has 1 atom stereocenters. The minimum Gasteiger partial charge on any atom is -0.469 e. The molecule has 0 saturated heterocycles. The molecule has 0 heterocycles. The Balaban J connectivity index is 3.52. The number of carbonyl (C=O) groups is 2. The number of ether oxygens (including phenoxy) is 1. The fourth-order valence-corrected chi connectivity index (χ4v) is 1.06. The fraction of sp³-hybridized carbons (Fsp3) is 0.778. The molecular formula is C9H18N2O3. The topological polar surface area (TPSA) is 81.4 Å². The Kier molecular flexibility index (Phi) is 6.74. The fourth-order valence-electron chi connectivity index (χ4n) is 1.06. The van der Waals surface area contributed by atoms with Gasteiger partial charge < -0.3 is 15.8 Å². The first-order chi connectivity index (χ1) is 6.61. The lowest BCUT2D eigenvalue weighted by atomic mass is 10.2. The number of rotatable bonds is 7. The van der Waals surface area contributed by atoms with Gasteiger partial charge in [0.25, 0.3) is 0 Å². The van der Waals surface area contributed by atoms with Crippen LogP contribution in [0.3, 0.4) is 0 Å². The lowest BCUT2D eigenvalue weighted by Gasteiger charge is -2.12. The third-order valence-corrected chi connectivity index (χ3v) is 1.93. The molecule has 0 rings (SSSR count). The average Bonchev–Trinajstić information content (AvgIpc) is 2.16. The van der Waals surface area contributed by atoms with Crippen molar-refractivity contribution in [3.8, 4) is 0 Å². The second-order valence-electron chi connectivity index (χ2n) is 3.00. The van der Waals surface area contributed by atoms with Crippen LogP contribution in [0.2, 0.25) is 0 Å². The van der Waals surface area contributed by atoms with Crippen LogP contribution in [0.1, 0.15) is 26.2 Å². The van der Waals surface area contributed by atoms with Crippen LogP contribution in [0.15, 0.2) is 0 Å². The van der Waals surface area contributed by atoms with Crippen LogP contribution in [0.4, 0.5) is 0 Å². The molecule has 0 aliphatic heterocycles. The number of esters is 1. The number of primary amides is 1. The summed E-state index contributed by atoms with van der Waals surface area (Å²) >= 11 is 0. The van der Waals surface area contributed by atoms with Gasteiger partial charge in [-0.15, -0.1) is 0 Å². The molecule has 82 valence electrons. The second-order valence-corrected chi connectivity index (χ2v) is 3.00. The van der Waals surface area contributed by atoms with Gasteiger partial charge in [0.1, 0.15) is 0 Å². The number of nitrogens with one attached hydrogen (secondary N) is 1. The zero-order chi connectivity index (χ0) is 11.0. The summed E-state index contributed by atoms with van der Waals surface area (Å²) in [6.45, 7) is 2.47. The number of hydrogen-bond donors (Lipinski definition) is 2. The standard InChI is InChI=1S/C9H18N2O3/c1-3-7(9(10)13)11-6-4-5-8(12)14-2/h7,11H,3-6H2,1-2H3,(H2,10,13). The normalized spacial score (nSPS) is 12.1. The molecular weight excluding hydrogens is 184 g/mol. The third kappa shape index (κ3) is 5.53. The smallest absolute Gasteiger partial charge is 0.305 e. The maximum atomic E-state index is 10.8. The van der Waals surface area contributed by atoms with Crippen LogP contribution < -0.4 is 11.1 Å². The Bertz CT molecular complexity index is 194. The largest absolute Gasteiger partial charge is 0.469 e. The quantitative estimate of drug-likeness (QED) is 0.442. The summed E-state index contributed by atoms with van der Waals surface area (Å²) in [5, 5.41) is 2.97. The molecule has 0 aliphatic carbocycles. The number of amides is 1. The van der Waals surface area contributed by atoms with E-state index in [1.54, 1.807) is 0 Å². The van der Waals surface area contributed by atoms with Gasteiger partial charge in [-0.25, -0.2) is 0 Å². The Hall–Kier alpha value is -1.10. The Morgan fingerprint density at radius 3 is 2.57 bits per heavy atom. The minimum atomic E-state index is -0.356. The van der Waals surface area contributed by atoms with Gasteiger partial charge >= 0.3 is 5.97 Å². The van der Waals surface area contributed by atoms with Crippen molar-refractivity contribution < 1.29 is 14.3 Å². The Morgan fingerprint density at radius 1 is 1.50 bits per heavy atom. The first kappa shape index (κ1) is 12.9. The molecule has 0 aromatic heterocycles. The summed E-state index contributed by atoms with van der Waals surface area (Å²) in [5.41, 5.74) is 5.12. The summed E-state index contributed by atoms with van der Waals surface area (Å²) in [6, 6.07) is -0.298.